The van der Waals surface area contributed by atoms with Gasteiger partial charge in [-0.15, -0.1) is 13.2 Å². The zero-order chi connectivity index (χ0) is 13.1. The summed E-state index contributed by atoms with van der Waals surface area (Å²) < 4.78 is 39.0. The largest absolute Gasteiger partial charge is 0.574 e. The van der Waals surface area contributed by atoms with Crippen LogP contribution in [0.1, 0.15) is 11.3 Å². The number of nitriles is 1. The molecule has 0 unspecified atom stereocenters. The summed E-state index contributed by atoms with van der Waals surface area (Å²) in [4.78, 5) is 13.7. The molecule has 0 saturated heterocycles. The molecule has 0 amide bonds. The molecule has 1 rings (SSSR count). The molecule has 5 nitrogen and oxygen atoms in total. The van der Waals surface area contributed by atoms with Crippen LogP contribution in [-0.2, 0) is 11.2 Å². The average molecular weight is 246 g/mol. The Morgan fingerprint density at radius 3 is 2.65 bits per heavy atom. The van der Waals surface area contributed by atoms with Gasteiger partial charge in [0.2, 0.25) is 5.88 Å². The Balaban J connectivity index is 3.01. The van der Waals surface area contributed by atoms with Gasteiger partial charge >= 0.3 is 12.3 Å². The second-order valence-corrected chi connectivity index (χ2v) is 2.89. The van der Waals surface area contributed by atoms with Crippen molar-refractivity contribution in [3.05, 3.63) is 23.4 Å². The van der Waals surface area contributed by atoms with Gasteiger partial charge in [-0.25, -0.2) is 4.98 Å². The molecule has 0 aliphatic rings. The molecule has 1 heterocycles. The van der Waals surface area contributed by atoms with Gasteiger partial charge in [-0.3, -0.25) is 4.79 Å². The highest BCUT2D eigenvalue weighted by atomic mass is 19.4. The smallest absolute Gasteiger partial charge is 0.481 e. The first-order chi connectivity index (χ1) is 7.81. The number of ether oxygens (including phenoxy) is 1. The zero-order valence-corrected chi connectivity index (χ0v) is 8.15. The Labute approximate surface area is 93.1 Å². The van der Waals surface area contributed by atoms with E-state index in [1.165, 1.54) is 6.07 Å². The average Bonchev–Trinajstić information content (AvgIpc) is 2.17. The molecule has 0 atom stereocenters. The molecule has 1 N–H and O–H groups in total. The van der Waals surface area contributed by atoms with Gasteiger partial charge in [-0.2, -0.15) is 5.26 Å². The van der Waals surface area contributed by atoms with Crippen molar-refractivity contribution in [1.29, 1.82) is 5.26 Å². The summed E-state index contributed by atoms with van der Waals surface area (Å²) >= 11 is 0. The van der Waals surface area contributed by atoms with E-state index < -0.39 is 30.3 Å². The molecule has 0 aliphatic carbocycles. The fourth-order valence-corrected chi connectivity index (χ4v) is 1.05. The number of nitrogens with zero attached hydrogens (tertiary/aromatic N) is 2. The Morgan fingerprint density at radius 2 is 2.18 bits per heavy atom. The number of halogens is 3. The van der Waals surface area contributed by atoms with Crippen molar-refractivity contribution in [3.63, 3.8) is 0 Å². The van der Waals surface area contributed by atoms with Crippen molar-refractivity contribution in [2.75, 3.05) is 0 Å². The highest BCUT2D eigenvalue weighted by molar-refractivity contribution is 5.71. The number of pyridine rings is 1. The summed E-state index contributed by atoms with van der Waals surface area (Å²) in [5.41, 5.74) is -0.385. The SMILES string of the molecule is N#Cc1nc(OC(F)(F)F)ccc1CC(=O)O. The third kappa shape index (κ3) is 3.98. The van der Waals surface area contributed by atoms with Crippen molar-refractivity contribution in [3.8, 4) is 11.9 Å². The van der Waals surface area contributed by atoms with Crippen LogP contribution in [0.5, 0.6) is 5.88 Å². The van der Waals surface area contributed by atoms with Crippen molar-refractivity contribution in [2.24, 2.45) is 0 Å². The summed E-state index contributed by atoms with van der Waals surface area (Å²) in [5.74, 6) is -2.02. The molecule has 1 aromatic heterocycles. The molecule has 1 aromatic rings. The number of carboxylic acids is 1. The van der Waals surface area contributed by atoms with Gasteiger partial charge < -0.3 is 9.84 Å². The first-order valence-corrected chi connectivity index (χ1v) is 4.19. The van der Waals surface area contributed by atoms with E-state index in [1.807, 2.05) is 0 Å². The van der Waals surface area contributed by atoms with Crippen LogP contribution < -0.4 is 4.74 Å². The molecule has 8 heteroatoms. The van der Waals surface area contributed by atoms with Crippen LogP contribution in [0, 0.1) is 11.3 Å². The van der Waals surface area contributed by atoms with E-state index in [2.05, 4.69) is 9.72 Å². The summed E-state index contributed by atoms with van der Waals surface area (Å²) in [6.45, 7) is 0. The van der Waals surface area contributed by atoms with Crippen LogP contribution in [0.15, 0.2) is 12.1 Å². The van der Waals surface area contributed by atoms with E-state index in [-0.39, 0.29) is 5.56 Å². The number of carboxylic acid groups (broad SMARTS) is 1. The first kappa shape index (κ1) is 12.8. The second kappa shape index (κ2) is 4.69. The second-order valence-electron chi connectivity index (χ2n) is 2.89. The Kier molecular flexibility index (Phi) is 3.52. The maximum absolute atomic E-state index is 11.8. The molecule has 0 aliphatic heterocycles. The number of hydrogen-bond acceptors (Lipinski definition) is 4. The molecule has 90 valence electrons. The molecule has 0 aromatic carbocycles. The predicted molar refractivity (Wildman–Crippen MR) is 47.0 cm³/mol. The van der Waals surface area contributed by atoms with E-state index in [9.17, 15) is 18.0 Å². The van der Waals surface area contributed by atoms with Crippen molar-refractivity contribution in [2.45, 2.75) is 12.8 Å². The van der Waals surface area contributed by atoms with Crippen LogP contribution in [0.2, 0.25) is 0 Å². The number of carbonyl (C=O) groups is 1. The monoisotopic (exact) mass is 246 g/mol. The Hall–Kier alpha value is -2.30. The minimum atomic E-state index is -4.91. The molecule has 0 fully saturated rings. The van der Waals surface area contributed by atoms with Gasteiger partial charge in [-0.1, -0.05) is 6.07 Å². The lowest BCUT2D eigenvalue weighted by molar-refractivity contribution is -0.276. The number of aromatic nitrogens is 1. The van der Waals surface area contributed by atoms with Gasteiger partial charge in [0.1, 0.15) is 11.8 Å². The Bertz CT molecular complexity index is 479. The third-order valence-corrected chi connectivity index (χ3v) is 1.62. The topological polar surface area (TPSA) is 83.2 Å². The van der Waals surface area contributed by atoms with Crippen LogP contribution in [0.4, 0.5) is 13.2 Å². The summed E-state index contributed by atoms with van der Waals surface area (Å²) in [5, 5.41) is 17.1. The lowest BCUT2D eigenvalue weighted by Gasteiger charge is -2.08. The normalized spacial score (nSPS) is 10.7. The first-order valence-electron chi connectivity index (χ1n) is 4.19. The van der Waals surface area contributed by atoms with Crippen molar-refractivity contribution in [1.82, 2.24) is 4.98 Å². The summed E-state index contributed by atoms with van der Waals surface area (Å²) in [7, 11) is 0. The minimum absolute atomic E-state index is 0.0227. The minimum Gasteiger partial charge on any atom is -0.481 e. The van der Waals surface area contributed by atoms with Crippen LogP contribution in [0.25, 0.3) is 0 Å². The van der Waals surface area contributed by atoms with Crippen molar-refractivity contribution >= 4 is 5.97 Å². The van der Waals surface area contributed by atoms with Gasteiger partial charge in [-0.05, 0) is 5.56 Å². The lowest BCUT2D eigenvalue weighted by Crippen LogP contribution is -2.18. The lowest BCUT2D eigenvalue weighted by atomic mass is 10.1. The molecule has 17 heavy (non-hydrogen) atoms. The molecule has 0 radical (unpaired) electrons. The predicted octanol–water partition coefficient (Wildman–Crippen LogP) is 1.48. The van der Waals surface area contributed by atoms with E-state index in [0.717, 1.165) is 12.1 Å². The van der Waals surface area contributed by atoms with E-state index in [4.69, 9.17) is 10.4 Å². The number of aliphatic carboxylic acids is 1. The van der Waals surface area contributed by atoms with E-state index in [1.54, 1.807) is 0 Å². The molecular weight excluding hydrogens is 241 g/mol. The fraction of sp³-hybridized carbons (Fsp3) is 0.222. The quantitative estimate of drug-likeness (QED) is 0.873. The maximum Gasteiger partial charge on any atom is 0.574 e. The standard InChI is InChI=1S/C9H5F3N2O3/c10-9(11,12)17-7-2-1-5(3-8(15)16)6(4-13)14-7/h1-2H,3H2,(H,15,16). The van der Waals surface area contributed by atoms with E-state index >= 15 is 0 Å². The fourth-order valence-electron chi connectivity index (χ4n) is 1.05. The molecular formula is C9H5F3N2O3. The third-order valence-electron chi connectivity index (χ3n) is 1.62. The van der Waals surface area contributed by atoms with Gasteiger partial charge in [0.05, 0.1) is 6.42 Å². The highest BCUT2D eigenvalue weighted by Crippen LogP contribution is 2.22. The van der Waals surface area contributed by atoms with Gasteiger partial charge in [0.15, 0.2) is 0 Å². The Morgan fingerprint density at radius 1 is 1.53 bits per heavy atom. The van der Waals surface area contributed by atoms with Crippen LogP contribution >= 0.6 is 0 Å². The summed E-state index contributed by atoms with van der Waals surface area (Å²) in [6.07, 6.45) is -5.41. The molecule has 0 saturated carbocycles. The van der Waals surface area contributed by atoms with E-state index in [0.29, 0.717) is 0 Å². The van der Waals surface area contributed by atoms with Crippen LogP contribution in [-0.4, -0.2) is 22.4 Å². The number of rotatable bonds is 3. The van der Waals surface area contributed by atoms with Gasteiger partial charge in [0, 0.05) is 6.07 Å². The molecule has 0 spiro atoms. The number of hydrogen-bond donors (Lipinski definition) is 1. The zero-order valence-electron chi connectivity index (χ0n) is 8.15. The molecule has 0 bridgehead atoms. The number of alkyl halides is 3. The maximum atomic E-state index is 11.8. The highest BCUT2D eigenvalue weighted by Gasteiger charge is 2.32. The van der Waals surface area contributed by atoms with Crippen LogP contribution in [0.3, 0.4) is 0 Å². The van der Waals surface area contributed by atoms with Gasteiger partial charge in [0.25, 0.3) is 0 Å². The van der Waals surface area contributed by atoms with Crippen molar-refractivity contribution < 1.29 is 27.8 Å². The summed E-state index contributed by atoms with van der Waals surface area (Å²) in [6, 6.07) is 3.42.